The Balaban J connectivity index is 1.05. The molecule has 0 bridgehead atoms. The highest BCUT2D eigenvalue weighted by Gasteiger charge is 2.38. The summed E-state index contributed by atoms with van der Waals surface area (Å²) in [6, 6.07) is 9.31. The SMILES string of the molecule is CC(C)[C@H](NC=O)C(=O)N1CCC[C@H]1c1ncc(-c2ccc(CCCc3ccc4nc([C@@H]5CCCN5C(=O)[C@@H](NC=O)C(C)C)[nH]c4c3)s2)[nH]1. The zero-order chi connectivity index (χ0) is 35.4. The lowest BCUT2D eigenvalue weighted by Crippen LogP contribution is -2.48. The maximum absolute atomic E-state index is 13.3. The van der Waals surface area contributed by atoms with Gasteiger partial charge in [0.05, 0.1) is 39.9 Å². The number of carbonyl (C=O) groups excluding carboxylic acids is 4. The Kier molecular flexibility index (Phi) is 11.0. The molecule has 6 rings (SSSR count). The lowest BCUT2D eigenvalue weighted by molar-refractivity contribution is -0.137. The fourth-order valence-electron chi connectivity index (χ4n) is 7.38. The number of benzene rings is 1. The highest BCUT2D eigenvalue weighted by molar-refractivity contribution is 7.15. The van der Waals surface area contributed by atoms with Gasteiger partial charge in [0.15, 0.2) is 0 Å². The minimum absolute atomic E-state index is 0.00441. The molecule has 2 aliphatic rings. The van der Waals surface area contributed by atoms with Crippen LogP contribution in [0.2, 0.25) is 0 Å². The quantitative estimate of drug-likeness (QED) is 0.127. The number of imidazole rings is 2. The van der Waals surface area contributed by atoms with Gasteiger partial charge in [0.2, 0.25) is 24.6 Å². The molecule has 5 heterocycles. The molecule has 4 atom stereocenters. The largest absolute Gasteiger partial charge is 0.347 e. The van der Waals surface area contributed by atoms with Crippen molar-refractivity contribution in [3.05, 3.63) is 58.6 Å². The summed E-state index contributed by atoms with van der Waals surface area (Å²) in [6.07, 6.45) is 9.42. The number of likely N-dealkylation sites (tertiary alicyclic amines) is 2. The third-order valence-corrected chi connectivity index (χ3v) is 11.2. The molecule has 3 aromatic heterocycles. The second-order valence-corrected chi connectivity index (χ2v) is 15.3. The molecular weight excluding hydrogens is 653 g/mol. The second-order valence-electron chi connectivity index (χ2n) is 14.2. The number of carbonyl (C=O) groups is 4. The van der Waals surface area contributed by atoms with E-state index < -0.39 is 12.1 Å². The third kappa shape index (κ3) is 7.47. The molecule has 2 aliphatic heterocycles. The Hall–Kier alpha value is -4.52. The van der Waals surface area contributed by atoms with Gasteiger partial charge in [0.25, 0.3) is 0 Å². The normalized spacial score (nSPS) is 19.0. The number of fused-ring (bicyclic) bond motifs is 1. The molecule has 0 radical (unpaired) electrons. The number of hydrogen-bond acceptors (Lipinski definition) is 7. The van der Waals surface area contributed by atoms with Gasteiger partial charge in [-0.1, -0.05) is 33.8 Å². The molecule has 1 aromatic carbocycles. The smallest absolute Gasteiger partial charge is 0.246 e. The molecule has 0 saturated carbocycles. The first-order valence-electron chi connectivity index (χ1n) is 17.8. The van der Waals surface area contributed by atoms with Crippen LogP contribution in [0.5, 0.6) is 0 Å². The molecule has 266 valence electrons. The Morgan fingerprint density at radius 2 is 1.52 bits per heavy atom. The van der Waals surface area contributed by atoms with E-state index in [4.69, 9.17) is 4.98 Å². The minimum Gasteiger partial charge on any atom is -0.347 e. The van der Waals surface area contributed by atoms with Gasteiger partial charge in [-0.05, 0) is 86.6 Å². The van der Waals surface area contributed by atoms with E-state index in [2.05, 4.69) is 55.9 Å². The van der Waals surface area contributed by atoms with Crippen molar-refractivity contribution in [2.45, 2.75) is 96.8 Å². The Morgan fingerprint density at radius 1 is 0.880 bits per heavy atom. The van der Waals surface area contributed by atoms with Crippen LogP contribution in [0.3, 0.4) is 0 Å². The molecule has 50 heavy (non-hydrogen) atoms. The summed E-state index contributed by atoms with van der Waals surface area (Å²) in [5.74, 6) is 1.46. The van der Waals surface area contributed by atoms with Gasteiger partial charge >= 0.3 is 0 Å². The molecular formula is C37H48N8O4S. The maximum atomic E-state index is 13.3. The third-order valence-electron chi connectivity index (χ3n) is 10.0. The van der Waals surface area contributed by atoms with Gasteiger partial charge in [-0.3, -0.25) is 19.2 Å². The van der Waals surface area contributed by atoms with E-state index in [1.165, 1.54) is 10.4 Å². The molecule has 13 heteroatoms. The van der Waals surface area contributed by atoms with Crippen LogP contribution < -0.4 is 10.6 Å². The zero-order valence-corrected chi connectivity index (χ0v) is 30.1. The molecule has 12 nitrogen and oxygen atoms in total. The predicted molar refractivity (Wildman–Crippen MR) is 193 cm³/mol. The Morgan fingerprint density at radius 3 is 2.14 bits per heavy atom. The van der Waals surface area contributed by atoms with Gasteiger partial charge in [-0.15, -0.1) is 11.3 Å². The summed E-state index contributed by atoms with van der Waals surface area (Å²) in [7, 11) is 0. The van der Waals surface area contributed by atoms with Gasteiger partial charge < -0.3 is 30.4 Å². The van der Waals surface area contributed by atoms with Crippen LogP contribution in [0.1, 0.15) is 94.0 Å². The summed E-state index contributed by atoms with van der Waals surface area (Å²) in [5.41, 5.74) is 4.04. The van der Waals surface area contributed by atoms with Crippen molar-refractivity contribution in [1.29, 1.82) is 0 Å². The van der Waals surface area contributed by atoms with Crippen molar-refractivity contribution in [2.24, 2.45) is 11.8 Å². The number of nitrogens with one attached hydrogen (secondary N) is 4. The van der Waals surface area contributed by atoms with Crippen molar-refractivity contribution >= 4 is 47.0 Å². The Bertz CT molecular complexity index is 1810. The highest BCUT2D eigenvalue weighted by Crippen LogP contribution is 2.35. The van der Waals surface area contributed by atoms with Crippen LogP contribution in [0.25, 0.3) is 21.6 Å². The van der Waals surface area contributed by atoms with Crippen molar-refractivity contribution in [1.82, 2.24) is 40.4 Å². The topological polar surface area (TPSA) is 156 Å². The number of nitrogens with zero attached hydrogens (tertiary/aromatic N) is 4. The van der Waals surface area contributed by atoms with Crippen LogP contribution in [0.4, 0.5) is 0 Å². The standard InChI is InChI=1S/C37H48N8O4S/c1-22(2)32(39-20-46)36(48)44-16-6-10-29(44)34-38-19-28(43-34)31-15-13-25(50-31)9-5-8-24-12-14-26-27(18-24)42-35(41-26)30-11-7-17-45(30)37(49)33(23(3)4)40-21-47/h12-15,18-23,29-30,32-33H,5-11,16-17H2,1-4H3,(H,38,43)(H,39,46)(H,40,47)(H,41,42)/t29-,30-,32-,33-/m0/s1. The van der Waals surface area contributed by atoms with E-state index >= 15 is 0 Å². The lowest BCUT2D eigenvalue weighted by Gasteiger charge is -2.29. The van der Waals surface area contributed by atoms with Crippen LogP contribution in [-0.4, -0.2) is 79.5 Å². The van der Waals surface area contributed by atoms with Crippen molar-refractivity contribution in [3.63, 3.8) is 0 Å². The lowest BCUT2D eigenvalue weighted by atomic mass is 10.0. The van der Waals surface area contributed by atoms with Crippen LogP contribution >= 0.6 is 11.3 Å². The number of thiophene rings is 1. The van der Waals surface area contributed by atoms with Crippen molar-refractivity contribution < 1.29 is 19.2 Å². The fourth-order valence-corrected chi connectivity index (χ4v) is 8.39. The fraction of sp³-hybridized carbons (Fsp3) is 0.514. The Labute approximate surface area is 296 Å². The van der Waals surface area contributed by atoms with E-state index in [1.54, 1.807) is 11.3 Å². The van der Waals surface area contributed by atoms with E-state index in [-0.39, 0.29) is 35.7 Å². The minimum atomic E-state index is -0.545. The van der Waals surface area contributed by atoms with Crippen LogP contribution in [0, 0.1) is 11.8 Å². The summed E-state index contributed by atoms with van der Waals surface area (Å²) < 4.78 is 0. The van der Waals surface area contributed by atoms with Crippen molar-refractivity contribution in [3.8, 4) is 10.6 Å². The van der Waals surface area contributed by atoms with Gasteiger partial charge in [-0.25, -0.2) is 9.97 Å². The summed E-state index contributed by atoms with van der Waals surface area (Å²) in [4.78, 5) is 71.5. The molecule has 4 N–H and O–H groups in total. The van der Waals surface area contributed by atoms with Crippen LogP contribution in [0.15, 0.2) is 36.5 Å². The number of amides is 4. The van der Waals surface area contributed by atoms with E-state index in [0.717, 1.165) is 78.2 Å². The molecule has 4 aromatic rings. The maximum Gasteiger partial charge on any atom is 0.246 e. The first-order chi connectivity index (χ1) is 24.2. The number of H-pyrrole nitrogens is 2. The van der Waals surface area contributed by atoms with Gasteiger partial charge in [-0.2, -0.15) is 0 Å². The summed E-state index contributed by atoms with van der Waals surface area (Å²) >= 11 is 1.76. The number of rotatable bonds is 15. The molecule has 0 aliphatic carbocycles. The summed E-state index contributed by atoms with van der Waals surface area (Å²) in [5, 5.41) is 5.40. The molecule has 0 unspecified atom stereocenters. The first-order valence-corrected chi connectivity index (χ1v) is 18.6. The number of aromatic amines is 2. The second kappa shape index (κ2) is 15.6. The van der Waals surface area contributed by atoms with E-state index in [1.807, 2.05) is 43.7 Å². The van der Waals surface area contributed by atoms with Crippen molar-refractivity contribution in [2.75, 3.05) is 13.1 Å². The van der Waals surface area contributed by atoms with E-state index in [9.17, 15) is 19.2 Å². The monoisotopic (exact) mass is 700 g/mol. The average Bonchev–Trinajstić information content (AvgIpc) is 3.93. The summed E-state index contributed by atoms with van der Waals surface area (Å²) in [6.45, 7) is 9.06. The van der Waals surface area contributed by atoms with Crippen LogP contribution in [-0.2, 0) is 32.0 Å². The van der Waals surface area contributed by atoms with Gasteiger partial charge in [0, 0.05) is 18.0 Å². The first kappa shape index (κ1) is 35.3. The highest BCUT2D eigenvalue weighted by atomic mass is 32.1. The average molecular weight is 701 g/mol. The molecule has 0 spiro atoms. The number of aryl methyl sites for hydroxylation is 2. The number of aromatic nitrogens is 4. The molecule has 2 saturated heterocycles. The zero-order valence-electron chi connectivity index (χ0n) is 29.3. The van der Waals surface area contributed by atoms with Gasteiger partial charge in [0.1, 0.15) is 23.7 Å². The van der Waals surface area contributed by atoms with E-state index in [0.29, 0.717) is 25.9 Å². The number of hydrogen-bond donors (Lipinski definition) is 4. The predicted octanol–water partition coefficient (Wildman–Crippen LogP) is 5.06. The molecule has 4 amide bonds. The molecule has 2 fully saturated rings.